The van der Waals surface area contributed by atoms with E-state index in [4.69, 9.17) is 4.74 Å². The van der Waals surface area contributed by atoms with Gasteiger partial charge < -0.3 is 4.74 Å². The lowest BCUT2D eigenvalue weighted by molar-refractivity contribution is -0.384. The van der Waals surface area contributed by atoms with E-state index >= 15 is 0 Å². The van der Waals surface area contributed by atoms with Crippen molar-refractivity contribution in [3.05, 3.63) is 64.5 Å². The maximum atomic E-state index is 12.2. The van der Waals surface area contributed by atoms with Crippen molar-refractivity contribution in [2.24, 2.45) is 0 Å². The monoisotopic (exact) mass is 414 g/mol. The summed E-state index contributed by atoms with van der Waals surface area (Å²) < 4.78 is 3.88. The Bertz CT molecular complexity index is 660. The summed E-state index contributed by atoms with van der Waals surface area (Å²) in [4.78, 5) is 26.3. The molecular formula is C13H8Br2N2O4. The fourth-order valence-corrected chi connectivity index (χ4v) is 2.09. The number of ether oxygens (including phenoxy) is 1. The average Bonchev–Trinajstić information content (AvgIpc) is 2.48. The van der Waals surface area contributed by atoms with Crippen LogP contribution >= 0.6 is 31.9 Å². The molecule has 1 aromatic carbocycles. The van der Waals surface area contributed by atoms with Crippen molar-refractivity contribution in [3.63, 3.8) is 0 Å². The van der Waals surface area contributed by atoms with Gasteiger partial charge in [-0.05, 0) is 24.3 Å². The van der Waals surface area contributed by atoms with Crippen LogP contribution in [0.3, 0.4) is 0 Å². The van der Waals surface area contributed by atoms with E-state index in [1.807, 2.05) is 0 Å². The summed E-state index contributed by atoms with van der Waals surface area (Å²) in [7, 11) is 0. The zero-order valence-electron chi connectivity index (χ0n) is 10.4. The molecule has 0 aliphatic carbocycles. The summed E-state index contributed by atoms with van der Waals surface area (Å²) in [6.45, 7) is 0. The van der Waals surface area contributed by atoms with Crippen LogP contribution in [0.4, 0.5) is 5.69 Å². The van der Waals surface area contributed by atoms with E-state index in [-0.39, 0.29) is 11.4 Å². The summed E-state index contributed by atoms with van der Waals surface area (Å²) in [5.74, 6) is -0.445. The SMILES string of the molecule is O=C(Oc1ccc([N+](=O)[O-])cc1)C(Br)(Br)c1ccccn1. The molecular weight excluding hydrogens is 408 g/mol. The molecule has 108 valence electrons. The second-order valence-corrected chi connectivity index (χ2v) is 7.37. The first-order valence-electron chi connectivity index (χ1n) is 5.67. The number of alkyl halides is 2. The van der Waals surface area contributed by atoms with Crippen LogP contribution in [0.5, 0.6) is 5.75 Å². The number of halogens is 2. The summed E-state index contributed by atoms with van der Waals surface area (Å²) in [6, 6.07) is 10.3. The number of hydrogen-bond donors (Lipinski definition) is 0. The topological polar surface area (TPSA) is 82.3 Å². The van der Waals surface area contributed by atoms with Gasteiger partial charge >= 0.3 is 5.97 Å². The highest BCUT2D eigenvalue weighted by molar-refractivity contribution is 9.25. The minimum Gasteiger partial charge on any atom is -0.425 e. The number of benzene rings is 1. The van der Waals surface area contributed by atoms with Gasteiger partial charge in [0, 0.05) is 18.3 Å². The number of esters is 1. The molecule has 0 amide bonds. The van der Waals surface area contributed by atoms with Crippen molar-refractivity contribution in [1.29, 1.82) is 0 Å². The smallest absolute Gasteiger partial charge is 0.345 e. The van der Waals surface area contributed by atoms with Crippen LogP contribution in [-0.4, -0.2) is 15.9 Å². The van der Waals surface area contributed by atoms with Gasteiger partial charge in [-0.2, -0.15) is 0 Å². The molecule has 0 unspecified atom stereocenters. The Morgan fingerprint density at radius 3 is 2.38 bits per heavy atom. The number of pyridine rings is 1. The summed E-state index contributed by atoms with van der Waals surface area (Å²) >= 11 is 6.44. The van der Waals surface area contributed by atoms with Crippen LogP contribution in [0.15, 0.2) is 48.7 Å². The maximum absolute atomic E-state index is 12.2. The Morgan fingerprint density at radius 1 is 1.19 bits per heavy atom. The molecule has 0 atom stereocenters. The van der Waals surface area contributed by atoms with Crippen LogP contribution in [-0.2, 0) is 8.03 Å². The normalized spacial score (nSPS) is 11.0. The van der Waals surface area contributed by atoms with Crippen LogP contribution in [0, 0.1) is 10.1 Å². The number of carbonyl (C=O) groups is 1. The third-order valence-electron chi connectivity index (χ3n) is 2.50. The lowest BCUT2D eigenvalue weighted by Gasteiger charge is -2.17. The molecule has 2 aromatic rings. The molecule has 0 N–H and O–H groups in total. The van der Waals surface area contributed by atoms with E-state index < -0.39 is 14.1 Å². The summed E-state index contributed by atoms with van der Waals surface area (Å²) in [6.07, 6.45) is 1.55. The molecule has 1 aromatic heterocycles. The molecule has 8 heteroatoms. The van der Waals surface area contributed by atoms with Gasteiger partial charge in [0.25, 0.3) is 5.69 Å². The zero-order chi connectivity index (χ0) is 15.5. The highest BCUT2D eigenvalue weighted by Gasteiger charge is 2.38. The standard InChI is InChI=1S/C13H8Br2N2O4/c14-13(15,11-3-1-2-8-16-11)12(18)21-10-6-4-9(5-7-10)17(19)20/h1-8H. The zero-order valence-corrected chi connectivity index (χ0v) is 13.6. The molecule has 0 saturated carbocycles. The van der Waals surface area contributed by atoms with Crippen LogP contribution < -0.4 is 4.74 Å². The van der Waals surface area contributed by atoms with Gasteiger partial charge in [-0.15, -0.1) is 0 Å². The molecule has 2 rings (SSSR count). The molecule has 21 heavy (non-hydrogen) atoms. The molecule has 0 fully saturated rings. The van der Waals surface area contributed by atoms with Crippen molar-refractivity contribution in [1.82, 2.24) is 4.98 Å². The minimum atomic E-state index is -1.29. The number of carbonyl (C=O) groups excluding carboxylic acids is 1. The predicted octanol–water partition coefficient (Wildman–Crippen LogP) is 3.54. The van der Waals surface area contributed by atoms with Crippen molar-refractivity contribution in [3.8, 4) is 5.75 Å². The lowest BCUT2D eigenvalue weighted by Crippen LogP contribution is -2.28. The van der Waals surface area contributed by atoms with E-state index in [1.54, 1.807) is 24.4 Å². The van der Waals surface area contributed by atoms with E-state index in [2.05, 4.69) is 36.8 Å². The van der Waals surface area contributed by atoms with Gasteiger partial charge in [-0.1, -0.05) is 37.9 Å². The summed E-state index contributed by atoms with van der Waals surface area (Å²) in [5, 5.41) is 10.6. The lowest BCUT2D eigenvalue weighted by atomic mass is 10.2. The van der Waals surface area contributed by atoms with Gasteiger partial charge in [0.1, 0.15) is 5.75 Å². The van der Waals surface area contributed by atoms with Gasteiger partial charge in [0.15, 0.2) is 0 Å². The maximum Gasteiger partial charge on any atom is 0.345 e. The van der Waals surface area contributed by atoms with Gasteiger partial charge in [0.2, 0.25) is 3.23 Å². The molecule has 0 radical (unpaired) electrons. The minimum absolute atomic E-state index is 0.0801. The fourth-order valence-electron chi connectivity index (χ4n) is 1.46. The first-order valence-corrected chi connectivity index (χ1v) is 7.26. The quantitative estimate of drug-likeness (QED) is 0.251. The van der Waals surface area contributed by atoms with E-state index in [9.17, 15) is 14.9 Å². The molecule has 0 saturated heterocycles. The van der Waals surface area contributed by atoms with E-state index in [0.717, 1.165) is 0 Å². The molecule has 0 aliphatic rings. The van der Waals surface area contributed by atoms with Gasteiger partial charge in [-0.25, -0.2) is 4.79 Å². The highest BCUT2D eigenvalue weighted by Crippen LogP contribution is 2.38. The third kappa shape index (κ3) is 3.64. The van der Waals surface area contributed by atoms with Crippen LogP contribution in [0.2, 0.25) is 0 Å². The third-order valence-corrected chi connectivity index (χ3v) is 3.96. The second-order valence-electron chi connectivity index (χ2n) is 3.93. The first kappa shape index (κ1) is 15.6. The van der Waals surface area contributed by atoms with Crippen molar-refractivity contribution in [2.75, 3.05) is 0 Å². The number of nitro groups is 1. The number of nitrogens with zero attached hydrogens (tertiary/aromatic N) is 2. The highest BCUT2D eigenvalue weighted by atomic mass is 79.9. The van der Waals surface area contributed by atoms with Gasteiger partial charge in [0.05, 0.1) is 10.6 Å². The Kier molecular flexibility index (Phi) is 4.69. The molecule has 0 bridgehead atoms. The molecule has 0 aliphatic heterocycles. The molecule has 1 heterocycles. The van der Waals surface area contributed by atoms with Crippen molar-refractivity contribution in [2.45, 2.75) is 3.23 Å². The fraction of sp³-hybridized carbons (Fsp3) is 0.0769. The van der Waals surface area contributed by atoms with Gasteiger partial charge in [-0.3, -0.25) is 15.1 Å². The molecule has 6 nitrogen and oxygen atoms in total. The number of nitro benzene ring substituents is 1. The summed E-state index contributed by atoms with van der Waals surface area (Å²) in [5.41, 5.74) is 0.348. The van der Waals surface area contributed by atoms with E-state index in [0.29, 0.717) is 5.69 Å². The van der Waals surface area contributed by atoms with Crippen LogP contribution in [0.1, 0.15) is 5.69 Å². The first-order chi connectivity index (χ1) is 9.91. The van der Waals surface area contributed by atoms with Crippen LogP contribution in [0.25, 0.3) is 0 Å². The number of aromatic nitrogens is 1. The molecule has 0 spiro atoms. The number of rotatable bonds is 4. The number of hydrogen-bond acceptors (Lipinski definition) is 5. The Hall–Kier alpha value is -1.80. The Labute approximate surface area is 136 Å². The van der Waals surface area contributed by atoms with Crippen molar-refractivity contribution < 1.29 is 14.5 Å². The largest absolute Gasteiger partial charge is 0.425 e. The average molecular weight is 416 g/mol. The number of non-ortho nitro benzene ring substituents is 1. The predicted molar refractivity (Wildman–Crippen MR) is 82.5 cm³/mol. The second kappa shape index (κ2) is 6.31. The Morgan fingerprint density at radius 2 is 1.86 bits per heavy atom. The van der Waals surface area contributed by atoms with Crippen molar-refractivity contribution >= 4 is 43.5 Å². The Balaban J connectivity index is 2.15. The van der Waals surface area contributed by atoms with E-state index in [1.165, 1.54) is 24.3 Å².